The minimum atomic E-state index is -0.234. The second kappa shape index (κ2) is 6.72. The van der Waals surface area contributed by atoms with Crippen LogP contribution in [0.1, 0.15) is 46.5 Å². The van der Waals surface area contributed by atoms with Crippen molar-refractivity contribution in [3.8, 4) is 0 Å². The Labute approximate surface area is 107 Å². The maximum atomic E-state index is 9.44. The first kappa shape index (κ1) is 14.9. The van der Waals surface area contributed by atoms with Crippen molar-refractivity contribution in [1.82, 2.24) is 10.2 Å². The smallest absolute Gasteiger partial charge is 0.0638 e. The van der Waals surface area contributed by atoms with Gasteiger partial charge in [0.1, 0.15) is 0 Å². The summed E-state index contributed by atoms with van der Waals surface area (Å²) < 4.78 is 0. The SMILES string of the molecule is CCC(CC)(CNC1CC1)CN(C)CC(C)O. The van der Waals surface area contributed by atoms with Gasteiger partial charge in [-0.2, -0.15) is 0 Å². The van der Waals surface area contributed by atoms with Crippen LogP contribution in [0.2, 0.25) is 0 Å². The molecule has 1 atom stereocenters. The molecule has 0 aromatic rings. The molecule has 0 spiro atoms. The third-order valence-electron chi connectivity index (χ3n) is 4.02. The van der Waals surface area contributed by atoms with Crippen molar-refractivity contribution in [2.45, 2.75) is 58.6 Å². The number of rotatable bonds is 9. The van der Waals surface area contributed by atoms with Crippen LogP contribution < -0.4 is 5.32 Å². The van der Waals surface area contributed by atoms with Crippen molar-refractivity contribution in [1.29, 1.82) is 0 Å². The molecule has 0 aromatic carbocycles. The van der Waals surface area contributed by atoms with Gasteiger partial charge in [0.05, 0.1) is 6.10 Å². The molecule has 1 aliphatic rings. The molecule has 1 unspecified atom stereocenters. The monoisotopic (exact) mass is 242 g/mol. The molecule has 3 heteroatoms. The van der Waals surface area contributed by atoms with Crippen molar-refractivity contribution in [2.75, 3.05) is 26.7 Å². The molecule has 0 bridgehead atoms. The van der Waals surface area contributed by atoms with E-state index in [0.29, 0.717) is 5.41 Å². The van der Waals surface area contributed by atoms with Crippen LogP contribution in [-0.4, -0.2) is 48.8 Å². The molecule has 1 fully saturated rings. The van der Waals surface area contributed by atoms with Crippen molar-refractivity contribution in [3.63, 3.8) is 0 Å². The summed E-state index contributed by atoms with van der Waals surface area (Å²) in [5.41, 5.74) is 0.367. The number of hydrogen-bond acceptors (Lipinski definition) is 3. The Balaban J connectivity index is 2.43. The Kier molecular flexibility index (Phi) is 5.90. The van der Waals surface area contributed by atoms with Gasteiger partial charge in [0, 0.05) is 25.7 Å². The van der Waals surface area contributed by atoms with Crippen molar-refractivity contribution >= 4 is 0 Å². The molecule has 0 radical (unpaired) electrons. The fourth-order valence-corrected chi connectivity index (χ4v) is 2.52. The van der Waals surface area contributed by atoms with Crippen LogP contribution in [0.4, 0.5) is 0 Å². The lowest BCUT2D eigenvalue weighted by atomic mass is 9.81. The van der Waals surface area contributed by atoms with Gasteiger partial charge in [-0.1, -0.05) is 13.8 Å². The van der Waals surface area contributed by atoms with Gasteiger partial charge in [0.15, 0.2) is 0 Å². The lowest BCUT2D eigenvalue weighted by molar-refractivity contribution is 0.0984. The van der Waals surface area contributed by atoms with Crippen LogP contribution >= 0.6 is 0 Å². The predicted octanol–water partition coefficient (Wildman–Crippen LogP) is 1.86. The lowest BCUT2D eigenvalue weighted by Crippen LogP contribution is -2.44. The Morgan fingerprint density at radius 1 is 1.35 bits per heavy atom. The number of nitrogens with one attached hydrogen (secondary N) is 1. The summed E-state index contributed by atoms with van der Waals surface area (Å²) in [5, 5.41) is 13.1. The van der Waals surface area contributed by atoms with E-state index < -0.39 is 0 Å². The van der Waals surface area contributed by atoms with Crippen LogP contribution in [0, 0.1) is 5.41 Å². The molecule has 2 N–H and O–H groups in total. The summed E-state index contributed by atoms with van der Waals surface area (Å²) in [6.45, 7) is 9.39. The molecule has 102 valence electrons. The molecule has 1 saturated carbocycles. The molecule has 1 aliphatic carbocycles. The van der Waals surface area contributed by atoms with E-state index in [2.05, 4.69) is 31.1 Å². The van der Waals surface area contributed by atoms with E-state index in [1.807, 2.05) is 6.92 Å². The van der Waals surface area contributed by atoms with E-state index in [0.717, 1.165) is 25.7 Å². The Morgan fingerprint density at radius 3 is 2.35 bits per heavy atom. The van der Waals surface area contributed by atoms with Gasteiger partial charge in [0.25, 0.3) is 0 Å². The Bertz CT molecular complexity index is 210. The fraction of sp³-hybridized carbons (Fsp3) is 1.00. The summed E-state index contributed by atoms with van der Waals surface area (Å²) in [6, 6.07) is 0.787. The van der Waals surface area contributed by atoms with Crippen LogP contribution in [-0.2, 0) is 0 Å². The maximum absolute atomic E-state index is 9.44. The Hall–Kier alpha value is -0.120. The third-order valence-corrected chi connectivity index (χ3v) is 4.02. The zero-order valence-corrected chi connectivity index (χ0v) is 12.0. The Morgan fingerprint density at radius 2 is 1.94 bits per heavy atom. The van der Waals surface area contributed by atoms with Crippen LogP contribution in [0.25, 0.3) is 0 Å². The minimum absolute atomic E-state index is 0.234. The highest BCUT2D eigenvalue weighted by Crippen LogP contribution is 2.29. The molecule has 1 rings (SSSR count). The lowest BCUT2D eigenvalue weighted by Gasteiger charge is -2.36. The van der Waals surface area contributed by atoms with E-state index in [9.17, 15) is 5.11 Å². The number of hydrogen-bond donors (Lipinski definition) is 2. The molecule has 0 saturated heterocycles. The van der Waals surface area contributed by atoms with Gasteiger partial charge in [-0.15, -0.1) is 0 Å². The quantitative estimate of drug-likeness (QED) is 0.648. The van der Waals surface area contributed by atoms with Crippen LogP contribution in [0.15, 0.2) is 0 Å². The highest BCUT2D eigenvalue weighted by molar-refractivity contribution is 4.88. The molecule has 0 aromatic heterocycles. The topological polar surface area (TPSA) is 35.5 Å². The first-order valence-corrected chi connectivity index (χ1v) is 7.11. The summed E-state index contributed by atoms with van der Waals surface area (Å²) in [4.78, 5) is 2.27. The first-order chi connectivity index (χ1) is 8.01. The van der Waals surface area contributed by atoms with Gasteiger partial charge in [-0.25, -0.2) is 0 Å². The van der Waals surface area contributed by atoms with E-state index in [1.54, 1.807) is 0 Å². The standard InChI is InChI=1S/C14H30N2O/c1-5-14(6-2,10-15-13-7-8-13)11-16(4)9-12(3)17/h12-13,15,17H,5-11H2,1-4H3. The van der Waals surface area contributed by atoms with Crippen LogP contribution in [0.5, 0.6) is 0 Å². The summed E-state index contributed by atoms with van der Waals surface area (Å²) in [7, 11) is 2.11. The number of likely N-dealkylation sites (N-methyl/N-ethyl adjacent to an activating group) is 1. The highest BCUT2D eigenvalue weighted by atomic mass is 16.3. The third kappa shape index (κ3) is 5.36. The molecular formula is C14H30N2O. The average Bonchev–Trinajstić information content (AvgIpc) is 3.07. The van der Waals surface area contributed by atoms with Gasteiger partial charge >= 0.3 is 0 Å². The number of aliphatic hydroxyl groups is 1. The minimum Gasteiger partial charge on any atom is -0.392 e. The van der Waals surface area contributed by atoms with Crippen LogP contribution in [0.3, 0.4) is 0 Å². The number of nitrogens with zero attached hydrogens (tertiary/aromatic N) is 1. The predicted molar refractivity (Wildman–Crippen MR) is 73.2 cm³/mol. The van der Waals surface area contributed by atoms with Gasteiger partial charge in [0.2, 0.25) is 0 Å². The second-order valence-corrected chi connectivity index (χ2v) is 5.91. The zero-order valence-electron chi connectivity index (χ0n) is 12.0. The number of aliphatic hydroxyl groups excluding tert-OH is 1. The highest BCUT2D eigenvalue weighted by Gasteiger charge is 2.30. The molecule has 0 amide bonds. The first-order valence-electron chi connectivity index (χ1n) is 7.11. The van der Waals surface area contributed by atoms with Crippen molar-refractivity contribution < 1.29 is 5.11 Å². The zero-order chi connectivity index (χ0) is 12.9. The molecule has 0 heterocycles. The van der Waals surface area contributed by atoms with E-state index in [4.69, 9.17) is 0 Å². The van der Waals surface area contributed by atoms with Gasteiger partial charge in [-0.05, 0) is 45.1 Å². The van der Waals surface area contributed by atoms with E-state index in [-0.39, 0.29) is 6.10 Å². The fourth-order valence-electron chi connectivity index (χ4n) is 2.52. The molecule has 17 heavy (non-hydrogen) atoms. The van der Waals surface area contributed by atoms with Crippen molar-refractivity contribution in [3.05, 3.63) is 0 Å². The van der Waals surface area contributed by atoms with E-state index in [1.165, 1.54) is 25.7 Å². The second-order valence-electron chi connectivity index (χ2n) is 5.91. The molecule has 0 aliphatic heterocycles. The molecular weight excluding hydrogens is 212 g/mol. The van der Waals surface area contributed by atoms with Gasteiger partial charge in [-0.3, -0.25) is 0 Å². The molecule has 3 nitrogen and oxygen atoms in total. The van der Waals surface area contributed by atoms with Crippen molar-refractivity contribution in [2.24, 2.45) is 5.41 Å². The summed E-state index contributed by atoms with van der Waals surface area (Å²) in [5.74, 6) is 0. The van der Waals surface area contributed by atoms with Gasteiger partial charge < -0.3 is 15.3 Å². The average molecular weight is 242 g/mol. The largest absolute Gasteiger partial charge is 0.392 e. The van der Waals surface area contributed by atoms with E-state index >= 15 is 0 Å². The summed E-state index contributed by atoms with van der Waals surface area (Å²) in [6.07, 6.45) is 4.88. The maximum Gasteiger partial charge on any atom is 0.0638 e. The normalized spacial score (nSPS) is 18.7. The summed E-state index contributed by atoms with van der Waals surface area (Å²) >= 11 is 0.